The highest BCUT2D eigenvalue weighted by Gasteiger charge is 2.34. The number of fused-ring (bicyclic) bond motifs is 1. The SMILES string of the molecule is CC(C)(C)OC(=O)c1c(N)sc2c1CC(CO)N(Cc1ccccc1)C2. The van der Waals surface area contributed by atoms with Crippen LogP contribution in [-0.4, -0.2) is 34.2 Å². The number of aliphatic hydroxyl groups excluding tert-OH is 1. The van der Waals surface area contributed by atoms with Crippen molar-refractivity contribution in [2.45, 2.75) is 51.9 Å². The van der Waals surface area contributed by atoms with Crippen molar-refractivity contribution < 1.29 is 14.6 Å². The summed E-state index contributed by atoms with van der Waals surface area (Å²) < 4.78 is 5.53. The monoisotopic (exact) mass is 374 g/mol. The Labute approximate surface area is 158 Å². The summed E-state index contributed by atoms with van der Waals surface area (Å²) in [7, 11) is 0. The molecule has 1 aromatic heterocycles. The number of hydrogen-bond acceptors (Lipinski definition) is 6. The quantitative estimate of drug-likeness (QED) is 0.804. The molecule has 0 fully saturated rings. The molecule has 0 saturated heterocycles. The predicted octanol–water partition coefficient (Wildman–Crippen LogP) is 3.20. The Morgan fingerprint density at radius 3 is 2.65 bits per heavy atom. The number of esters is 1. The molecule has 140 valence electrons. The summed E-state index contributed by atoms with van der Waals surface area (Å²) in [6, 6.07) is 10.1. The molecule has 6 heteroatoms. The molecule has 2 aromatic rings. The van der Waals surface area contributed by atoms with Crippen LogP contribution >= 0.6 is 11.3 Å². The van der Waals surface area contributed by atoms with Crippen LogP contribution in [0.15, 0.2) is 30.3 Å². The van der Waals surface area contributed by atoms with E-state index in [2.05, 4.69) is 17.0 Å². The van der Waals surface area contributed by atoms with Crippen LogP contribution in [0.2, 0.25) is 0 Å². The lowest BCUT2D eigenvalue weighted by Gasteiger charge is -2.35. The molecule has 0 radical (unpaired) electrons. The van der Waals surface area contributed by atoms with Gasteiger partial charge in [-0.25, -0.2) is 4.79 Å². The molecule has 0 amide bonds. The molecule has 0 bridgehead atoms. The first kappa shape index (κ1) is 18.9. The van der Waals surface area contributed by atoms with E-state index in [0.29, 0.717) is 23.5 Å². The van der Waals surface area contributed by atoms with Crippen molar-refractivity contribution >= 4 is 22.3 Å². The Kier molecular flexibility index (Phi) is 5.37. The predicted molar refractivity (Wildman–Crippen MR) is 104 cm³/mol. The van der Waals surface area contributed by atoms with E-state index in [-0.39, 0.29) is 18.6 Å². The van der Waals surface area contributed by atoms with Crippen molar-refractivity contribution in [1.82, 2.24) is 4.90 Å². The highest BCUT2D eigenvalue weighted by molar-refractivity contribution is 7.16. The average molecular weight is 375 g/mol. The van der Waals surface area contributed by atoms with Gasteiger partial charge in [0.1, 0.15) is 10.6 Å². The lowest BCUT2D eigenvalue weighted by Crippen LogP contribution is -2.42. The van der Waals surface area contributed by atoms with Gasteiger partial charge >= 0.3 is 5.97 Å². The Morgan fingerprint density at radius 1 is 1.35 bits per heavy atom. The van der Waals surface area contributed by atoms with Crippen molar-refractivity contribution in [2.24, 2.45) is 0 Å². The number of nitrogen functional groups attached to an aromatic ring is 1. The number of carbonyl (C=O) groups excluding carboxylic acids is 1. The lowest BCUT2D eigenvalue weighted by molar-refractivity contribution is 0.00680. The summed E-state index contributed by atoms with van der Waals surface area (Å²) >= 11 is 1.45. The van der Waals surface area contributed by atoms with Gasteiger partial charge in [-0.1, -0.05) is 30.3 Å². The van der Waals surface area contributed by atoms with E-state index in [4.69, 9.17) is 10.5 Å². The van der Waals surface area contributed by atoms with Gasteiger partial charge in [0.25, 0.3) is 0 Å². The maximum absolute atomic E-state index is 12.6. The molecule has 3 rings (SSSR count). The second-order valence-electron chi connectivity index (χ2n) is 7.68. The second kappa shape index (κ2) is 7.39. The Hall–Kier alpha value is -1.89. The van der Waals surface area contributed by atoms with Crippen molar-refractivity contribution in [3.05, 3.63) is 51.9 Å². The van der Waals surface area contributed by atoms with Crippen LogP contribution in [0.5, 0.6) is 0 Å². The zero-order valence-electron chi connectivity index (χ0n) is 15.5. The Morgan fingerprint density at radius 2 is 2.04 bits per heavy atom. The molecule has 5 nitrogen and oxygen atoms in total. The Balaban J connectivity index is 1.86. The molecule has 26 heavy (non-hydrogen) atoms. The molecule has 1 atom stereocenters. The van der Waals surface area contributed by atoms with Crippen LogP contribution in [0.3, 0.4) is 0 Å². The third-order valence-electron chi connectivity index (χ3n) is 4.46. The zero-order chi connectivity index (χ0) is 18.9. The molecular formula is C20H26N2O3S. The number of hydrogen-bond donors (Lipinski definition) is 2. The third-order valence-corrected chi connectivity index (χ3v) is 5.51. The van der Waals surface area contributed by atoms with Crippen LogP contribution in [0.25, 0.3) is 0 Å². The number of aliphatic hydroxyl groups is 1. The standard InChI is InChI=1S/C20H26N2O3S/c1-20(2,3)25-19(24)17-15-9-14(12-23)22(11-16(15)26-18(17)21)10-13-7-5-4-6-8-13/h4-8,14,23H,9-12,21H2,1-3H3. The van der Waals surface area contributed by atoms with Gasteiger partial charge in [0, 0.05) is 24.0 Å². The van der Waals surface area contributed by atoms with Crippen molar-refractivity contribution in [1.29, 1.82) is 0 Å². The first-order valence-electron chi connectivity index (χ1n) is 8.80. The molecule has 1 aliphatic rings. The first-order chi connectivity index (χ1) is 12.3. The van der Waals surface area contributed by atoms with Crippen molar-refractivity contribution in [2.75, 3.05) is 12.3 Å². The van der Waals surface area contributed by atoms with E-state index >= 15 is 0 Å². The van der Waals surface area contributed by atoms with Crippen LogP contribution in [0.1, 0.15) is 47.1 Å². The molecule has 1 unspecified atom stereocenters. The minimum absolute atomic E-state index is 0.0375. The molecular weight excluding hydrogens is 348 g/mol. The minimum atomic E-state index is -0.567. The van der Waals surface area contributed by atoms with Gasteiger partial charge in [-0.15, -0.1) is 11.3 Å². The smallest absolute Gasteiger partial charge is 0.341 e. The van der Waals surface area contributed by atoms with Gasteiger partial charge in [-0.2, -0.15) is 0 Å². The number of rotatable bonds is 4. The average Bonchev–Trinajstić information content (AvgIpc) is 2.88. The van der Waals surface area contributed by atoms with Crippen LogP contribution in [0, 0.1) is 0 Å². The Bertz CT molecular complexity index is 780. The zero-order valence-corrected chi connectivity index (χ0v) is 16.3. The molecule has 1 aromatic carbocycles. The number of benzene rings is 1. The molecule has 0 saturated carbocycles. The summed E-state index contributed by atoms with van der Waals surface area (Å²) in [5.74, 6) is -0.374. The lowest BCUT2D eigenvalue weighted by atomic mass is 9.96. The summed E-state index contributed by atoms with van der Waals surface area (Å²) in [4.78, 5) is 15.9. The molecule has 2 heterocycles. The fourth-order valence-electron chi connectivity index (χ4n) is 3.29. The number of carbonyl (C=O) groups is 1. The van der Waals surface area contributed by atoms with Gasteiger partial charge in [-0.05, 0) is 38.3 Å². The van der Waals surface area contributed by atoms with Crippen LogP contribution < -0.4 is 5.73 Å². The molecule has 1 aliphatic heterocycles. The van der Waals surface area contributed by atoms with E-state index in [1.807, 2.05) is 39.0 Å². The van der Waals surface area contributed by atoms with E-state index < -0.39 is 5.60 Å². The van der Waals surface area contributed by atoms with E-state index in [1.165, 1.54) is 16.9 Å². The van der Waals surface area contributed by atoms with Gasteiger partial charge in [-0.3, -0.25) is 4.90 Å². The largest absolute Gasteiger partial charge is 0.456 e. The molecule has 0 spiro atoms. The fraction of sp³-hybridized carbons (Fsp3) is 0.450. The fourth-order valence-corrected chi connectivity index (χ4v) is 4.40. The molecule has 0 aliphatic carbocycles. The van der Waals surface area contributed by atoms with Gasteiger partial charge < -0.3 is 15.6 Å². The summed E-state index contributed by atoms with van der Waals surface area (Å²) in [5.41, 5.74) is 8.22. The van der Waals surface area contributed by atoms with E-state index in [9.17, 15) is 9.90 Å². The van der Waals surface area contributed by atoms with E-state index in [0.717, 1.165) is 17.0 Å². The highest BCUT2D eigenvalue weighted by Crippen LogP contribution is 2.38. The highest BCUT2D eigenvalue weighted by atomic mass is 32.1. The number of nitrogens with zero attached hydrogens (tertiary/aromatic N) is 1. The number of thiophene rings is 1. The van der Waals surface area contributed by atoms with Gasteiger partial charge in [0.15, 0.2) is 0 Å². The topological polar surface area (TPSA) is 75.8 Å². The maximum atomic E-state index is 12.6. The van der Waals surface area contributed by atoms with Gasteiger partial charge in [0.2, 0.25) is 0 Å². The number of nitrogens with two attached hydrogens (primary N) is 1. The number of ether oxygens (including phenoxy) is 1. The third kappa shape index (κ3) is 4.09. The molecule has 3 N–H and O–H groups in total. The van der Waals surface area contributed by atoms with Crippen LogP contribution in [0.4, 0.5) is 5.00 Å². The summed E-state index contributed by atoms with van der Waals surface area (Å²) in [6.07, 6.45) is 0.598. The second-order valence-corrected chi connectivity index (χ2v) is 8.81. The van der Waals surface area contributed by atoms with Crippen molar-refractivity contribution in [3.8, 4) is 0 Å². The number of anilines is 1. The maximum Gasteiger partial charge on any atom is 0.341 e. The first-order valence-corrected chi connectivity index (χ1v) is 9.62. The van der Waals surface area contributed by atoms with Crippen LogP contribution in [-0.2, 0) is 24.2 Å². The summed E-state index contributed by atoms with van der Waals surface area (Å²) in [5, 5.41) is 10.4. The van der Waals surface area contributed by atoms with Crippen molar-refractivity contribution in [3.63, 3.8) is 0 Å². The normalized spacial score (nSPS) is 17.8. The summed E-state index contributed by atoms with van der Waals surface area (Å²) in [6.45, 7) is 7.00. The van der Waals surface area contributed by atoms with E-state index in [1.54, 1.807) is 0 Å². The minimum Gasteiger partial charge on any atom is -0.456 e. The van der Waals surface area contributed by atoms with Gasteiger partial charge in [0.05, 0.1) is 12.2 Å².